The second-order valence-corrected chi connectivity index (χ2v) is 5.82. The minimum atomic E-state index is -0.663. The van der Waals surface area contributed by atoms with Gasteiger partial charge in [0.1, 0.15) is 11.7 Å². The van der Waals surface area contributed by atoms with Crippen molar-refractivity contribution in [3.8, 4) is 11.8 Å². The number of carbonyl (C=O) groups excluding carboxylic acids is 1. The quantitative estimate of drug-likeness (QED) is 0.836. The third-order valence-corrected chi connectivity index (χ3v) is 4.39. The molecule has 0 heterocycles. The maximum atomic E-state index is 12.8. The molecule has 0 spiro atoms. The van der Waals surface area contributed by atoms with Crippen LogP contribution in [0.4, 0.5) is 0 Å². The summed E-state index contributed by atoms with van der Waals surface area (Å²) < 4.78 is 5.11. The zero-order valence-corrected chi connectivity index (χ0v) is 12.2. The number of Topliss-reactive ketones (excluding diaryl/α,β-unsaturated/α-hetero) is 1. The van der Waals surface area contributed by atoms with Crippen LogP contribution < -0.4 is 4.74 Å². The number of nitriles is 1. The summed E-state index contributed by atoms with van der Waals surface area (Å²) in [5.74, 6) is 0.149. The number of hydrogen-bond donors (Lipinski definition) is 0. The number of rotatable bonds is 4. The highest BCUT2D eigenvalue weighted by Crippen LogP contribution is 2.40. The standard InChI is InChI=1S/C17H21NO2/c1-17(10-4-3-5-11-17)16(19)15(12-18)13-6-8-14(20-2)9-7-13/h6-9,15H,3-5,10-11H2,1-2H3. The zero-order valence-electron chi connectivity index (χ0n) is 12.2. The van der Waals surface area contributed by atoms with Gasteiger partial charge in [0.05, 0.1) is 13.2 Å². The Morgan fingerprint density at radius 1 is 1.25 bits per heavy atom. The maximum absolute atomic E-state index is 12.8. The first kappa shape index (κ1) is 14.6. The summed E-state index contributed by atoms with van der Waals surface area (Å²) in [5, 5.41) is 9.42. The molecule has 1 aromatic rings. The fraction of sp³-hybridized carbons (Fsp3) is 0.529. The van der Waals surface area contributed by atoms with Crippen LogP contribution in [-0.2, 0) is 4.79 Å². The fourth-order valence-electron chi connectivity index (χ4n) is 3.01. The molecule has 0 bridgehead atoms. The Labute approximate surface area is 120 Å². The van der Waals surface area contributed by atoms with Crippen LogP contribution >= 0.6 is 0 Å². The van der Waals surface area contributed by atoms with Crippen LogP contribution in [0.3, 0.4) is 0 Å². The zero-order chi connectivity index (χ0) is 14.6. The van der Waals surface area contributed by atoms with Gasteiger partial charge >= 0.3 is 0 Å². The molecule has 0 radical (unpaired) electrons. The van der Waals surface area contributed by atoms with E-state index in [1.807, 2.05) is 19.1 Å². The topological polar surface area (TPSA) is 50.1 Å². The molecule has 106 valence electrons. The van der Waals surface area contributed by atoms with Gasteiger partial charge in [-0.1, -0.05) is 38.3 Å². The van der Waals surface area contributed by atoms with Crippen molar-refractivity contribution >= 4 is 5.78 Å². The Bertz CT molecular complexity index is 507. The normalized spacial score (nSPS) is 18.9. The van der Waals surface area contributed by atoms with Crippen molar-refractivity contribution in [2.45, 2.75) is 44.9 Å². The molecule has 1 saturated carbocycles. The van der Waals surface area contributed by atoms with Gasteiger partial charge in [-0.15, -0.1) is 0 Å². The smallest absolute Gasteiger partial charge is 0.160 e. The van der Waals surface area contributed by atoms with E-state index in [0.717, 1.165) is 37.0 Å². The third-order valence-electron chi connectivity index (χ3n) is 4.39. The van der Waals surface area contributed by atoms with Gasteiger partial charge in [0.25, 0.3) is 0 Å². The van der Waals surface area contributed by atoms with E-state index in [-0.39, 0.29) is 11.2 Å². The largest absolute Gasteiger partial charge is 0.497 e. The van der Waals surface area contributed by atoms with Crippen LogP contribution in [0.1, 0.15) is 50.5 Å². The number of carbonyl (C=O) groups is 1. The van der Waals surface area contributed by atoms with Crippen LogP contribution in [0.2, 0.25) is 0 Å². The Hall–Kier alpha value is -1.82. The minimum Gasteiger partial charge on any atom is -0.497 e. The molecule has 1 aromatic carbocycles. The van der Waals surface area contributed by atoms with Crippen molar-refractivity contribution in [3.05, 3.63) is 29.8 Å². The maximum Gasteiger partial charge on any atom is 0.160 e. The lowest BCUT2D eigenvalue weighted by atomic mass is 9.68. The molecule has 1 fully saturated rings. The summed E-state index contributed by atoms with van der Waals surface area (Å²) in [4.78, 5) is 12.8. The van der Waals surface area contributed by atoms with E-state index in [2.05, 4.69) is 6.07 Å². The van der Waals surface area contributed by atoms with Crippen LogP contribution in [0, 0.1) is 16.7 Å². The summed E-state index contributed by atoms with van der Waals surface area (Å²) in [6.07, 6.45) is 5.18. The van der Waals surface area contributed by atoms with E-state index < -0.39 is 5.92 Å². The first-order chi connectivity index (χ1) is 9.60. The summed E-state index contributed by atoms with van der Waals surface area (Å²) >= 11 is 0. The van der Waals surface area contributed by atoms with Crippen molar-refractivity contribution in [3.63, 3.8) is 0 Å². The van der Waals surface area contributed by atoms with E-state index in [4.69, 9.17) is 4.74 Å². The molecule has 1 aliphatic carbocycles. The lowest BCUT2D eigenvalue weighted by Gasteiger charge is -2.33. The highest BCUT2D eigenvalue weighted by atomic mass is 16.5. The summed E-state index contributed by atoms with van der Waals surface area (Å²) in [6, 6.07) is 9.42. The minimum absolute atomic E-state index is 0.0740. The molecule has 1 unspecified atom stereocenters. The van der Waals surface area contributed by atoms with Gasteiger partial charge in [-0.05, 0) is 30.5 Å². The third kappa shape index (κ3) is 2.85. The van der Waals surface area contributed by atoms with Crippen LogP contribution in [0.25, 0.3) is 0 Å². The number of hydrogen-bond acceptors (Lipinski definition) is 3. The molecule has 0 N–H and O–H groups in total. The number of benzene rings is 1. The molecule has 0 amide bonds. The molecule has 0 aromatic heterocycles. The monoisotopic (exact) mass is 271 g/mol. The molecule has 20 heavy (non-hydrogen) atoms. The van der Waals surface area contributed by atoms with Gasteiger partial charge in [0, 0.05) is 5.41 Å². The highest BCUT2D eigenvalue weighted by molar-refractivity contribution is 5.93. The summed E-state index contributed by atoms with van der Waals surface area (Å²) in [5.41, 5.74) is 0.434. The Morgan fingerprint density at radius 2 is 1.85 bits per heavy atom. The van der Waals surface area contributed by atoms with Crippen molar-refractivity contribution in [1.82, 2.24) is 0 Å². The molecule has 2 rings (SSSR count). The van der Waals surface area contributed by atoms with Crippen LogP contribution in [0.15, 0.2) is 24.3 Å². The first-order valence-electron chi connectivity index (χ1n) is 7.18. The number of ketones is 1. The lowest BCUT2D eigenvalue weighted by molar-refractivity contribution is -0.129. The number of methoxy groups -OCH3 is 1. The molecule has 0 aliphatic heterocycles. The van der Waals surface area contributed by atoms with Gasteiger partial charge in [0.2, 0.25) is 0 Å². The van der Waals surface area contributed by atoms with Crippen molar-refractivity contribution in [1.29, 1.82) is 5.26 Å². The Kier molecular flexibility index (Phi) is 4.44. The predicted octanol–water partition coefficient (Wildman–Crippen LogP) is 3.84. The van der Waals surface area contributed by atoms with Gasteiger partial charge in [-0.25, -0.2) is 0 Å². The van der Waals surface area contributed by atoms with Gasteiger partial charge < -0.3 is 4.74 Å². The van der Waals surface area contributed by atoms with Gasteiger partial charge in [-0.3, -0.25) is 4.79 Å². The molecule has 3 heteroatoms. The Morgan fingerprint density at radius 3 is 2.35 bits per heavy atom. The average molecular weight is 271 g/mol. The second kappa shape index (κ2) is 6.09. The van der Waals surface area contributed by atoms with Crippen molar-refractivity contribution in [2.75, 3.05) is 7.11 Å². The highest BCUT2D eigenvalue weighted by Gasteiger charge is 2.39. The summed E-state index contributed by atoms with van der Waals surface area (Å²) in [7, 11) is 1.60. The molecular formula is C17H21NO2. The molecular weight excluding hydrogens is 250 g/mol. The predicted molar refractivity (Wildman–Crippen MR) is 77.5 cm³/mol. The summed E-state index contributed by atoms with van der Waals surface area (Å²) in [6.45, 7) is 2.02. The SMILES string of the molecule is COc1ccc(C(C#N)C(=O)C2(C)CCCCC2)cc1. The van der Waals surface area contributed by atoms with Gasteiger partial charge in [-0.2, -0.15) is 5.26 Å². The van der Waals surface area contributed by atoms with E-state index in [1.165, 1.54) is 6.42 Å². The number of ether oxygens (including phenoxy) is 1. The van der Waals surface area contributed by atoms with Crippen molar-refractivity contribution < 1.29 is 9.53 Å². The fourth-order valence-corrected chi connectivity index (χ4v) is 3.01. The average Bonchev–Trinajstić information content (AvgIpc) is 2.49. The molecule has 1 aliphatic rings. The lowest BCUT2D eigenvalue weighted by Crippen LogP contribution is -2.34. The van der Waals surface area contributed by atoms with E-state index in [9.17, 15) is 10.1 Å². The van der Waals surface area contributed by atoms with E-state index in [1.54, 1.807) is 19.2 Å². The molecule has 3 nitrogen and oxygen atoms in total. The number of nitrogens with zero attached hydrogens (tertiary/aromatic N) is 1. The van der Waals surface area contributed by atoms with E-state index in [0.29, 0.717) is 0 Å². The van der Waals surface area contributed by atoms with Crippen LogP contribution in [0.5, 0.6) is 5.75 Å². The Balaban J connectivity index is 2.22. The van der Waals surface area contributed by atoms with Gasteiger partial charge in [0.15, 0.2) is 5.78 Å². The van der Waals surface area contributed by atoms with Crippen molar-refractivity contribution in [2.24, 2.45) is 5.41 Å². The molecule has 1 atom stereocenters. The molecule has 0 saturated heterocycles. The van der Waals surface area contributed by atoms with Crippen LogP contribution in [-0.4, -0.2) is 12.9 Å². The first-order valence-corrected chi connectivity index (χ1v) is 7.18. The second-order valence-electron chi connectivity index (χ2n) is 5.82. The van der Waals surface area contributed by atoms with E-state index >= 15 is 0 Å².